The van der Waals surface area contributed by atoms with Crippen LogP contribution in [0.4, 0.5) is 0 Å². The summed E-state index contributed by atoms with van der Waals surface area (Å²) in [7, 11) is 1.91. The van der Waals surface area contributed by atoms with E-state index in [1.165, 1.54) is 4.88 Å². The number of nitrogens with zero attached hydrogens (tertiary/aromatic N) is 2. The summed E-state index contributed by atoms with van der Waals surface area (Å²) in [5.41, 5.74) is 7.70. The maximum absolute atomic E-state index is 5.63. The molecule has 0 saturated heterocycles. The molecule has 0 aliphatic carbocycles. The molecule has 0 atom stereocenters. The van der Waals surface area contributed by atoms with Crippen molar-refractivity contribution in [1.82, 2.24) is 9.78 Å². The van der Waals surface area contributed by atoms with Gasteiger partial charge in [0.15, 0.2) is 0 Å². The molecule has 0 spiro atoms. The molecular formula is C9H10BrN3S. The lowest BCUT2D eigenvalue weighted by Crippen LogP contribution is -1.99. The zero-order valence-electron chi connectivity index (χ0n) is 7.70. The summed E-state index contributed by atoms with van der Waals surface area (Å²) in [5, 5.41) is 4.30. The van der Waals surface area contributed by atoms with E-state index in [-0.39, 0.29) is 0 Å². The standard InChI is InChI=1S/C9H10BrN3S/c1-13-5-6(7(4-11)12-13)8-2-3-9(10)14-8/h2-3,5H,4,11H2,1H3. The molecule has 74 valence electrons. The van der Waals surface area contributed by atoms with Crippen LogP contribution < -0.4 is 5.73 Å². The van der Waals surface area contributed by atoms with E-state index in [9.17, 15) is 0 Å². The normalized spacial score (nSPS) is 10.8. The van der Waals surface area contributed by atoms with E-state index in [1.54, 1.807) is 16.0 Å². The maximum atomic E-state index is 5.63. The minimum atomic E-state index is 0.478. The highest BCUT2D eigenvalue weighted by Crippen LogP contribution is 2.32. The lowest BCUT2D eigenvalue weighted by molar-refractivity contribution is 0.742. The Morgan fingerprint density at radius 1 is 1.57 bits per heavy atom. The van der Waals surface area contributed by atoms with Gasteiger partial charge in [-0.05, 0) is 28.1 Å². The largest absolute Gasteiger partial charge is 0.325 e. The predicted octanol–water partition coefficient (Wildman–Crippen LogP) is 2.37. The molecule has 14 heavy (non-hydrogen) atoms. The summed E-state index contributed by atoms with van der Waals surface area (Å²) >= 11 is 5.13. The van der Waals surface area contributed by atoms with E-state index in [0.29, 0.717) is 6.54 Å². The van der Waals surface area contributed by atoms with Gasteiger partial charge in [0.2, 0.25) is 0 Å². The summed E-state index contributed by atoms with van der Waals surface area (Å²) < 4.78 is 2.92. The van der Waals surface area contributed by atoms with Crippen LogP contribution >= 0.6 is 27.3 Å². The molecule has 0 aliphatic rings. The van der Waals surface area contributed by atoms with Gasteiger partial charge in [-0.2, -0.15) is 5.10 Å². The molecule has 2 N–H and O–H groups in total. The number of aromatic nitrogens is 2. The second-order valence-corrected chi connectivity index (χ2v) is 5.43. The molecule has 0 fully saturated rings. The van der Waals surface area contributed by atoms with Gasteiger partial charge in [0.25, 0.3) is 0 Å². The maximum Gasteiger partial charge on any atom is 0.0846 e. The van der Waals surface area contributed by atoms with E-state index in [2.05, 4.69) is 27.1 Å². The number of halogens is 1. The lowest BCUT2D eigenvalue weighted by atomic mass is 10.2. The van der Waals surface area contributed by atoms with E-state index >= 15 is 0 Å². The molecule has 3 nitrogen and oxygen atoms in total. The Kier molecular flexibility index (Phi) is 2.71. The third-order valence-electron chi connectivity index (χ3n) is 1.94. The minimum Gasteiger partial charge on any atom is -0.325 e. The van der Waals surface area contributed by atoms with E-state index in [1.807, 2.05) is 19.3 Å². The predicted molar refractivity (Wildman–Crippen MR) is 62.1 cm³/mol. The smallest absolute Gasteiger partial charge is 0.0846 e. The van der Waals surface area contributed by atoms with Gasteiger partial charge >= 0.3 is 0 Å². The molecule has 0 radical (unpaired) electrons. The van der Waals surface area contributed by atoms with Crippen LogP contribution in [-0.4, -0.2) is 9.78 Å². The van der Waals surface area contributed by atoms with Crippen LogP contribution in [0.2, 0.25) is 0 Å². The zero-order chi connectivity index (χ0) is 10.1. The molecule has 0 aliphatic heterocycles. The first-order valence-corrected chi connectivity index (χ1v) is 5.80. The summed E-state index contributed by atoms with van der Waals surface area (Å²) in [6.45, 7) is 0.478. The highest BCUT2D eigenvalue weighted by molar-refractivity contribution is 9.11. The summed E-state index contributed by atoms with van der Waals surface area (Å²) in [5.74, 6) is 0. The lowest BCUT2D eigenvalue weighted by Gasteiger charge is -1.93. The Morgan fingerprint density at radius 2 is 2.36 bits per heavy atom. The van der Waals surface area contributed by atoms with Crippen LogP contribution in [0.3, 0.4) is 0 Å². The Morgan fingerprint density at radius 3 is 2.93 bits per heavy atom. The van der Waals surface area contributed by atoms with Crippen molar-refractivity contribution in [3.63, 3.8) is 0 Å². The fourth-order valence-corrected chi connectivity index (χ4v) is 2.77. The average molecular weight is 272 g/mol. The Labute approximate surface area is 94.7 Å². The second kappa shape index (κ2) is 3.84. The molecule has 0 aromatic carbocycles. The highest BCUT2D eigenvalue weighted by Gasteiger charge is 2.09. The average Bonchev–Trinajstić information content (AvgIpc) is 2.71. The van der Waals surface area contributed by atoms with Crippen LogP contribution in [0.15, 0.2) is 22.1 Å². The molecular weight excluding hydrogens is 262 g/mol. The first-order valence-electron chi connectivity index (χ1n) is 4.19. The molecule has 0 unspecified atom stereocenters. The number of hydrogen-bond donors (Lipinski definition) is 1. The molecule has 2 aromatic rings. The minimum absolute atomic E-state index is 0.478. The number of hydrogen-bond acceptors (Lipinski definition) is 3. The van der Waals surface area contributed by atoms with Gasteiger partial charge in [0, 0.05) is 30.2 Å². The second-order valence-electron chi connectivity index (χ2n) is 2.97. The number of aryl methyl sites for hydroxylation is 1. The molecule has 0 saturated carbocycles. The Hall–Kier alpha value is -0.650. The topological polar surface area (TPSA) is 43.8 Å². The van der Waals surface area contributed by atoms with Crippen LogP contribution in [0.1, 0.15) is 5.69 Å². The zero-order valence-corrected chi connectivity index (χ0v) is 10.1. The SMILES string of the molecule is Cn1cc(-c2ccc(Br)s2)c(CN)n1. The van der Waals surface area contributed by atoms with Crippen molar-refractivity contribution in [2.45, 2.75) is 6.54 Å². The van der Waals surface area contributed by atoms with Crippen molar-refractivity contribution in [3.8, 4) is 10.4 Å². The van der Waals surface area contributed by atoms with E-state index in [0.717, 1.165) is 15.0 Å². The van der Waals surface area contributed by atoms with Gasteiger partial charge in [-0.15, -0.1) is 11.3 Å². The van der Waals surface area contributed by atoms with Crippen LogP contribution in [0.25, 0.3) is 10.4 Å². The van der Waals surface area contributed by atoms with Gasteiger partial charge in [-0.3, -0.25) is 4.68 Å². The van der Waals surface area contributed by atoms with E-state index in [4.69, 9.17) is 5.73 Å². The molecule has 5 heteroatoms. The van der Waals surface area contributed by atoms with Gasteiger partial charge in [0.05, 0.1) is 9.48 Å². The fraction of sp³-hybridized carbons (Fsp3) is 0.222. The number of thiophene rings is 1. The van der Waals surface area contributed by atoms with E-state index < -0.39 is 0 Å². The van der Waals surface area contributed by atoms with Gasteiger partial charge < -0.3 is 5.73 Å². The van der Waals surface area contributed by atoms with Crippen LogP contribution in [0.5, 0.6) is 0 Å². The van der Waals surface area contributed by atoms with Crippen molar-refractivity contribution in [2.24, 2.45) is 12.8 Å². The molecule has 2 aromatic heterocycles. The monoisotopic (exact) mass is 271 g/mol. The highest BCUT2D eigenvalue weighted by atomic mass is 79.9. The van der Waals surface area contributed by atoms with Crippen molar-refractivity contribution in [1.29, 1.82) is 0 Å². The Balaban J connectivity index is 2.49. The van der Waals surface area contributed by atoms with Crippen molar-refractivity contribution in [2.75, 3.05) is 0 Å². The quantitative estimate of drug-likeness (QED) is 0.912. The summed E-state index contributed by atoms with van der Waals surface area (Å²) in [6, 6.07) is 4.11. The third kappa shape index (κ3) is 1.75. The first-order chi connectivity index (χ1) is 6.70. The van der Waals surface area contributed by atoms with Gasteiger partial charge in [-0.1, -0.05) is 0 Å². The fourth-order valence-electron chi connectivity index (χ4n) is 1.35. The summed E-state index contributed by atoms with van der Waals surface area (Å²) in [6.07, 6.45) is 2.00. The van der Waals surface area contributed by atoms with Crippen molar-refractivity contribution >= 4 is 27.3 Å². The van der Waals surface area contributed by atoms with Crippen LogP contribution in [-0.2, 0) is 13.6 Å². The van der Waals surface area contributed by atoms with Gasteiger partial charge in [0.1, 0.15) is 0 Å². The van der Waals surface area contributed by atoms with Crippen molar-refractivity contribution < 1.29 is 0 Å². The number of nitrogens with two attached hydrogens (primary N) is 1. The van der Waals surface area contributed by atoms with Crippen LogP contribution in [0, 0.1) is 0 Å². The summed E-state index contributed by atoms with van der Waals surface area (Å²) in [4.78, 5) is 1.20. The van der Waals surface area contributed by atoms with Crippen molar-refractivity contribution in [3.05, 3.63) is 27.8 Å². The number of rotatable bonds is 2. The molecule has 0 bridgehead atoms. The molecule has 2 heterocycles. The molecule has 2 rings (SSSR count). The third-order valence-corrected chi connectivity index (χ3v) is 3.59. The van der Waals surface area contributed by atoms with Gasteiger partial charge in [-0.25, -0.2) is 0 Å². The molecule has 0 amide bonds. The Bertz CT molecular complexity index is 447. The first kappa shape index (κ1) is 9.89.